The van der Waals surface area contributed by atoms with E-state index in [0.717, 1.165) is 22.6 Å². The van der Waals surface area contributed by atoms with Crippen LogP contribution in [-0.2, 0) is 0 Å². The SMILES string of the molecule is [CH]1c2ccccc2Oc2ccccc21. The standard InChI is InChI=1S/C13H9O/c1-3-7-12-10(5-1)9-11-6-2-4-8-13(11)14-12/h1-9H. The summed E-state index contributed by atoms with van der Waals surface area (Å²) in [6, 6.07) is 16.1. The molecule has 0 saturated carbocycles. The number of para-hydroxylation sites is 2. The van der Waals surface area contributed by atoms with Gasteiger partial charge in [-0.15, -0.1) is 0 Å². The van der Waals surface area contributed by atoms with Gasteiger partial charge in [0.25, 0.3) is 0 Å². The molecule has 1 heterocycles. The van der Waals surface area contributed by atoms with Crippen LogP contribution in [0.2, 0.25) is 0 Å². The Morgan fingerprint density at radius 3 is 1.71 bits per heavy atom. The molecule has 0 amide bonds. The van der Waals surface area contributed by atoms with Crippen molar-refractivity contribution in [1.82, 2.24) is 0 Å². The fourth-order valence-electron chi connectivity index (χ4n) is 1.67. The Morgan fingerprint density at radius 1 is 0.643 bits per heavy atom. The van der Waals surface area contributed by atoms with Gasteiger partial charge >= 0.3 is 0 Å². The van der Waals surface area contributed by atoms with E-state index < -0.39 is 0 Å². The summed E-state index contributed by atoms with van der Waals surface area (Å²) in [5.41, 5.74) is 2.29. The van der Waals surface area contributed by atoms with Gasteiger partial charge in [-0.05, 0) is 12.1 Å². The highest BCUT2D eigenvalue weighted by Gasteiger charge is 2.15. The molecular weight excluding hydrogens is 172 g/mol. The predicted octanol–water partition coefficient (Wildman–Crippen LogP) is 3.39. The van der Waals surface area contributed by atoms with Crippen molar-refractivity contribution in [1.29, 1.82) is 0 Å². The Hall–Kier alpha value is -1.76. The lowest BCUT2D eigenvalue weighted by molar-refractivity contribution is 0.469. The second kappa shape index (κ2) is 2.88. The molecule has 14 heavy (non-hydrogen) atoms. The third-order valence-corrected chi connectivity index (χ3v) is 2.37. The van der Waals surface area contributed by atoms with Gasteiger partial charge in [-0.2, -0.15) is 0 Å². The molecule has 1 heteroatoms. The van der Waals surface area contributed by atoms with Crippen molar-refractivity contribution in [3.05, 3.63) is 66.1 Å². The van der Waals surface area contributed by atoms with Gasteiger partial charge in [-0.3, -0.25) is 0 Å². The Kier molecular flexibility index (Phi) is 1.57. The van der Waals surface area contributed by atoms with Crippen molar-refractivity contribution in [3.63, 3.8) is 0 Å². The maximum Gasteiger partial charge on any atom is 0.131 e. The normalized spacial score (nSPS) is 12.6. The zero-order chi connectivity index (χ0) is 9.38. The molecule has 0 aromatic heterocycles. The summed E-state index contributed by atoms with van der Waals surface area (Å²) in [5, 5.41) is 0. The smallest absolute Gasteiger partial charge is 0.131 e. The molecular formula is C13H9O. The average molecular weight is 181 g/mol. The second-order valence-corrected chi connectivity index (χ2v) is 3.32. The highest BCUT2D eigenvalue weighted by molar-refractivity contribution is 5.56. The molecule has 0 fully saturated rings. The largest absolute Gasteiger partial charge is 0.457 e. The third kappa shape index (κ3) is 1.10. The first-order valence-electron chi connectivity index (χ1n) is 4.64. The van der Waals surface area contributed by atoms with Crippen LogP contribution in [0.25, 0.3) is 0 Å². The van der Waals surface area contributed by atoms with E-state index >= 15 is 0 Å². The van der Waals surface area contributed by atoms with Crippen LogP contribution in [-0.4, -0.2) is 0 Å². The first-order valence-corrected chi connectivity index (χ1v) is 4.64. The number of hydrogen-bond donors (Lipinski definition) is 0. The molecule has 0 N–H and O–H groups in total. The monoisotopic (exact) mass is 181 g/mol. The molecule has 3 rings (SSSR count). The summed E-state index contributed by atoms with van der Waals surface area (Å²) in [4.78, 5) is 0. The van der Waals surface area contributed by atoms with Crippen LogP contribution >= 0.6 is 0 Å². The van der Waals surface area contributed by atoms with Gasteiger partial charge in [0.15, 0.2) is 0 Å². The van der Waals surface area contributed by atoms with E-state index in [2.05, 4.69) is 18.6 Å². The fraction of sp³-hybridized carbons (Fsp3) is 0. The first-order chi connectivity index (χ1) is 6.93. The lowest BCUT2D eigenvalue weighted by Crippen LogP contribution is -1.99. The molecule has 2 aromatic rings. The van der Waals surface area contributed by atoms with Crippen molar-refractivity contribution in [2.75, 3.05) is 0 Å². The van der Waals surface area contributed by atoms with E-state index in [1.807, 2.05) is 36.4 Å². The van der Waals surface area contributed by atoms with Gasteiger partial charge in [0.05, 0.1) is 0 Å². The van der Waals surface area contributed by atoms with Gasteiger partial charge in [-0.1, -0.05) is 36.4 Å². The summed E-state index contributed by atoms with van der Waals surface area (Å²) < 4.78 is 5.75. The maximum absolute atomic E-state index is 5.75. The maximum atomic E-state index is 5.75. The van der Waals surface area contributed by atoms with Gasteiger partial charge in [0, 0.05) is 17.5 Å². The second-order valence-electron chi connectivity index (χ2n) is 3.32. The molecule has 0 aliphatic carbocycles. The quantitative estimate of drug-likeness (QED) is 0.516. The Labute approximate surface area is 83.0 Å². The lowest BCUT2D eigenvalue weighted by Gasteiger charge is -2.19. The summed E-state index contributed by atoms with van der Waals surface area (Å²) in [7, 11) is 0. The zero-order valence-electron chi connectivity index (χ0n) is 7.60. The lowest BCUT2D eigenvalue weighted by atomic mass is 10.0. The molecule has 1 radical (unpaired) electrons. The van der Waals surface area contributed by atoms with Crippen LogP contribution in [0.15, 0.2) is 48.5 Å². The molecule has 0 spiro atoms. The van der Waals surface area contributed by atoms with Crippen LogP contribution in [0, 0.1) is 6.42 Å². The van der Waals surface area contributed by atoms with Crippen LogP contribution in [0.4, 0.5) is 0 Å². The van der Waals surface area contributed by atoms with Gasteiger partial charge in [0.2, 0.25) is 0 Å². The molecule has 2 aromatic carbocycles. The molecule has 0 unspecified atom stereocenters. The molecule has 0 atom stereocenters. The van der Waals surface area contributed by atoms with E-state index in [-0.39, 0.29) is 0 Å². The topological polar surface area (TPSA) is 9.23 Å². The highest BCUT2D eigenvalue weighted by atomic mass is 16.5. The number of hydrogen-bond acceptors (Lipinski definition) is 1. The zero-order valence-corrected chi connectivity index (χ0v) is 7.60. The van der Waals surface area contributed by atoms with Crippen molar-refractivity contribution in [2.24, 2.45) is 0 Å². The third-order valence-electron chi connectivity index (χ3n) is 2.37. The first kappa shape index (κ1) is 7.63. The summed E-state index contributed by atoms with van der Waals surface area (Å²) in [5.74, 6) is 1.87. The van der Waals surface area contributed by atoms with E-state index in [4.69, 9.17) is 4.74 Å². The van der Waals surface area contributed by atoms with Gasteiger partial charge in [0.1, 0.15) is 11.5 Å². The average Bonchev–Trinajstić information content (AvgIpc) is 2.26. The van der Waals surface area contributed by atoms with Crippen molar-refractivity contribution < 1.29 is 4.74 Å². The highest BCUT2D eigenvalue weighted by Crippen LogP contribution is 2.36. The minimum Gasteiger partial charge on any atom is -0.457 e. The molecule has 1 aliphatic heterocycles. The van der Waals surface area contributed by atoms with Crippen molar-refractivity contribution >= 4 is 0 Å². The van der Waals surface area contributed by atoms with E-state index in [1.54, 1.807) is 0 Å². The number of ether oxygens (including phenoxy) is 1. The van der Waals surface area contributed by atoms with Gasteiger partial charge < -0.3 is 4.74 Å². The van der Waals surface area contributed by atoms with Crippen LogP contribution in [0.3, 0.4) is 0 Å². The summed E-state index contributed by atoms with van der Waals surface area (Å²) >= 11 is 0. The Balaban J connectivity index is 2.12. The number of fused-ring (bicyclic) bond motifs is 2. The summed E-state index contributed by atoms with van der Waals surface area (Å²) in [6.07, 6.45) is 2.15. The van der Waals surface area contributed by atoms with E-state index in [9.17, 15) is 0 Å². The predicted molar refractivity (Wildman–Crippen MR) is 55.5 cm³/mol. The molecule has 0 saturated heterocycles. The number of benzene rings is 2. The molecule has 0 bridgehead atoms. The van der Waals surface area contributed by atoms with Crippen molar-refractivity contribution in [2.45, 2.75) is 0 Å². The number of rotatable bonds is 0. The molecule has 1 aliphatic rings. The Bertz CT molecular complexity index is 387. The molecule has 67 valence electrons. The van der Waals surface area contributed by atoms with Gasteiger partial charge in [-0.25, -0.2) is 0 Å². The fourth-order valence-corrected chi connectivity index (χ4v) is 1.67. The van der Waals surface area contributed by atoms with Crippen LogP contribution in [0.1, 0.15) is 11.1 Å². The van der Waals surface area contributed by atoms with Crippen molar-refractivity contribution in [3.8, 4) is 11.5 Å². The summed E-state index contributed by atoms with van der Waals surface area (Å²) in [6.45, 7) is 0. The van der Waals surface area contributed by atoms with Crippen LogP contribution in [0.5, 0.6) is 11.5 Å². The minimum atomic E-state index is 0.936. The molecule has 1 nitrogen and oxygen atoms in total. The Morgan fingerprint density at radius 2 is 1.14 bits per heavy atom. The van der Waals surface area contributed by atoms with E-state index in [0.29, 0.717) is 0 Å². The van der Waals surface area contributed by atoms with Crippen LogP contribution < -0.4 is 4.74 Å². The van der Waals surface area contributed by atoms with E-state index in [1.165, 1.54) is 0 Å². The minimum absolute atomic E-state index is 0.936.